The second-order valence-electron chi connectivity index (χ2n) is 0.593. The van der Waals surface area contributed by atoms with Gasteiger partial charge in [0.05, 0.1) is 0 Å². The molecule has 0 fully saturated rings. The number of carbonyl (C=O) groups is 2. The van der Waals surface area contributed by atoms with E-state index in [1.807, 2.05) is 0 Å². The van der Waals surface area contributed by atoms with Crippen LogP contribution in [0.3, 0.4) is 0 Å². The van der Waals surface area contributed by atoms with Crippen molar-refractivity contribution >= 4 is 11.9 Å². The molecule has 0 bridgehead atoms. The first-order valence-electron chi connectivity index (χ1n) is 1.09. The predicted molar refractivity (Wildman–Crippen MR) is 23.5 cm³/mol. The smallest absolute Gasteiger partial charge is 0.539 e. The monoisotopic (exact) mass is 182 g/mol. The number of rotatable bonds is 0. The van der Waals surface area contributed by atoms with Gasteiger partial charge in [-0.1, -0.05) is 0 Å². The van der Waals surface area contributed by atoms with Crippen molar-refractivity contribution in [3.8, 4) is 0 Å². The minimum atomic E-state index is -2.07. The number of carbonyl (C=O) groups excluding carboxylic acids is 1. The van der Waals surface area contributed by atoms with Gasteiger partial charge in [0.15, 0.2) is 5.97 Å². The Labute approximate surface area is 98.4 Å². The van der Waals surface area contributed by atoms with E-state index < -0.39 is 11.9 Å². The molecule has 0 spiro atoms. The standard InChI is InChI=1S/C2H2O4.K.3H2O/c3-1(4)2(5)6;;;;/h(H,3,4)(H,5,6);;3*1H2/q;+1;;;/p-1. The first-order chi connectivity index (χ1) is 2.64. The molecule has 0 aromatic heterocycles. The first-order valence-corrected chi connectivity index (χ1v) is 1.09. The summed E-state index contributed by atoms with van der Waals surface area (Å²) in [5.74, 6) is -4.01. The molecule has 0 unspecified atom stereocenters. The third kappa shape index (κ3) is 23.7. The van der Waals surface area contributed by atoms with E-state index in [1.165, 1.54) is 0 Å². The van der Waals surface area contributed by atoms with Gasteiger partial charge >= 0.3 is 57.4 Å². The molecule has 8 heteroatoms. The molecule has 10 heavy (non-hydrogen) atoms. The van der Waals surface area contributed by atoms with E-state index in [0.717, 1.165) is 0 Å². The van der Waals surface area contributed by atoms with Crippen LogP contribution in [0.4, 0.5) is 0 Å². The largest absolute Gasteiger partial charge is 1.00 e. The minimum absolute atomic E-state index is 0. The predicted octanol–water partition coefficient (Wildman–Crippen LogP) is -7.65. The maximum Gasteiger partial charge on any atom is 1.00 e. The topological polar surface area (TPSA) is 172 Å². The van der Waals surface area contributed by atoms with Gasteiger partial charge in [0.2, 0.25) is 0 Å². The molecule has 0 aliphatic heterocycles. The second-order valence-corrected chi connectivity index (χ2v) is 0.593. The van der Waals surface area contributed by atoms with Crippen LogP contribution in [0, 0.1) is 0 Å². The second kappa shape index (κ2) is 16.2. The third-order valence-corrected chi connectivity index (χ3v) is 0.175. The van der Waals surface area contributed by atoms with Crippen molar-refractivity contribution in [2.75, 3.05) is 0 Å². The van der Waals surface area contributed by atoms with Crippen LogP contribution in [-0.4, -0.2) is 33.5 Å². The van der Waals surface area contributed by atoms with Gasteiger partial charge in [0.1, 0.15) is 0 Å². The van der Waals surface area contributed by atoms with Crippen LogP contribution in [0.15, 0.2) is 0 Å². The van der Waals surface area contributed by atoms with Gasteiger partial charge in [-0.15, -0.1) is 0 Å². The average Bonchev–Trinajstić information content (AvgIpc) is 1.36. The maximum absolute atomic E-state index is 9.04. The molecule has 0 radical (unpaired) electrons. The van der Waals surface area contributed by atoms with Crippen LogP contribution >= 0.6 is 0 Å². The summed E-state index contributed by atoms with van der Waals surface area (Å²) >= 11 is 0. The normalized spacial score (nSPS) is 4.40. The van der Waals surface area contributed by atoms with Gasteiger partial charge in [0.25, 0.3) is 0 Å². The van der Waals surface area contributed by atoms with E-state index in [4.69, 9.17) is 19.8 Å². The summed E-state index contributed by atoms with van der Waals surface area (Å²) in [4.78, 5) is 18.0. The van der Waals surface area contributed by atoms with Crippen LogP contribution in [0.25, 0.3) is 0 Å². The molecule has 0 aliphatic carbocycles. The Morgan fingerprint density at radius 2 is 1.20 bits per heavy atom. The van der Waals surface area contributed by atoms with Crippen molar-refractivity contribution in [3.63, 3.8) is 0 Å². The van der Waals surface area contributed by atoms with Crippen molar-refractivity contribution in [3.05, 3.63) is 0 Å². The summed E-state index contributed by atoms with van der Waals surface area (Å²) in [6, 6.07) is 0. The molecule has 58 valence electrons. The van der Waals surface area contributed by atoms with Crippen LogP contribution < -0.4 is 56.5 Å². The summed E-state index contributed by atoms with van der Waals surface area (Å²) in [6.45, 7) is 0. The molecule has 7 N–H and O–H groups in total. The molecule has 0 heterocycles. The summed E-state index contributed by atoms with van der Waals surface area (Å²) in [5, 5.41) is 16.3. The van der Waals surface area contributed by atoms with Gasteiger partial charge in [-0.3, -0.25) is 0 Å². The Balaban J connectivity index is -0.0000000208. The molecule has 0 saturated heterocycles. The van der Waals surface area contributed by atoms with E-state index in [1.54, 1.807) is 0 Å². The molecule has 0 saturated carbocycles. The Morgan fingerprint density at radius 3 is 1.20 bits per heavy atom. The van der Waals surface area contributed by atoms with E-state index in [0.29, 0.717) is 0 Å². The number of aliphatic carboxylic acids is 2. The van der Waals surface area contributed by atoms with Crippen molar-refractivity contribution in [2.45, 2.75) is 0 Å². The van der Waals surface area contributed by atoms with E-state index in [9.17, 15) is 0 Å². The summed E-state index contributed by atoms with van der Waals surface area (Å²) in [6.07, 6.45) is 0. The van der Waals surface area contributed by atoms with Gasteiger partial charge in [-0.2, -0.15) is 0 Å². The zero-order chi connectivity index (χ0) is 5.15. The molecular formula is C2H7KO7. The van der Waals surface area contributed by atoms with E-state index in [2.05, 4.69) is 0 Å². The Bertz CT molecular complexity index is 77.6. The van der Waals surface area contributed by atoms with E-state index >= 15 is 0 Å². The Kier molecular flexibility index (Phi) is 50.9. The molecule has 0 aromatic rings. The number of hydrogen-bond donors (Lipinski definition) is 1. The van der Waals surface area contributed by atoms with Crippen LogP contribution in [0.2, 0.25) is 0 Å². The molecule has 0 aromatic carbocycles. The van der Waals surface area contributed by atoms with Gasteiger partial charge < -0.3 is 31.4 Å². The van der Waals surface area contributed by atoms with Crippen LogP contribution in [0.5, 0.6) is 0 Å². The van der Waals surface area contributed by atoms with Gasteiger partial charge in [0, 0.05) is 0 Å². The zero-order valence-corrected chi connectivity index (χ0v) is 8.30. The average molecular weight is 182 g/mol. The van der Waals surface area contributed by atoms with Crippen molar-refractivity contribution in [1.29, 1.82) is 0 Å². The van der Waals surface area contributed by atoms with E-state index in [-0.39, 0.29) is 67.8 Å². The van der Waals surface area contributed by atoms with Gasteiger partial charge in [-0.25, -0.2) is 4.79 Å². The fourth-order valence-corrected chi connectivity index (χ4v) is 0. The maximum atomic E-state index is 9.04. The van der Waals surface area contributed by atoms with Crippen molar-refractivity contribution < 1.29 is 87.6 Å². The quantitative estimate of drug-likeness (QED) is 0.289. The van der Waals surface area contributed by atoms with Gasteiger partial charge in [-0.05, 0) is 0 Å². The molecule has 0 aliphatic rings. The summed E-state index contributed by atoms with van der Waals surface area (Å²) in [7, 11) is 0. The number of carboxylic acid groups (broad SMARTS) is 2. The molecule has 0 atom stereocenters. The number of hydrogen-bond acceptors (Lipinski definition) is 3. The summed E-state index contributed by atoms with van der Waals surface area (Å²) in [5.41, 5.74) is 0. The first kappa shape index (κ1) is 31.4. The SMILES string of the molecule is O.O.O.O=C([O-])C(=O)O.[K+]. The van der Waals surface area contributed by atoms with Crippen LogP contribution in [0.1, 0.15) is 0 Å². The molecular weight excluding hydrogens is 175 g/mol. The zero-order valence-electron chi connectivity index (χ0n) is 5.17. The fourth-order valence-electron chi connectivity index (χ4n) is 0. The third-order valence-electron chi connectivity index (χ3n) is 0.175. The van der Waals surface area contributed by atoms with Crippen LogP contribution in [-0.2, 0) is 9.59 Å². The molecule has 0 rings (SSSR count). The van der Waals surface area contributed by atoms with Crippen molar-refractivity contribution in [2.24, 2.45) is 0 Å². The molecule has 0 amide bonds. The minimum Gasteiger partial charge on any atom is -0.539 e. The Morgan fingerprint density at radius 1 is 1.10 bits per heavy atom. The molecule has 7 nitrogen and oxygen atoms in total. The number of carboxylic acids is 2. The Hall–Kier alpha value is 0.456. The fraction of sp³-hybridized carbons (Fsp3) is 0. The van der Waals surface area contributed by atoms with Crippen molar-refractivity contribution in [1.82, 2.24) is 0 Å². The summed E-state index contributed by atoms with van der Waals surface area (Å²) < 4.78 is 0.